The number of aryl methyl sites for hydroxylation is 2. The lowest BCUT2D eigenvalue weighted by Crippen LogP contribution is -2.22. The Morgan fingerprint density at radius 2 is 1.95 bits per heavy atom. The fraction of sp³-hybridized carbons (Fsp3) is 0.294. The molecule has 2 aromatic heterocycles. The Bertz CT molecular complexity index is 893. The van der Waals surface area contributed by atoms with Gasteiger partial charge in [0, 0.05) is 28.8 Å². The molecule has 0 N–H and O–H groups in total. The molecule has 3 aromatic rings. The molecule has 0 spiro atoms. The lowest BCUT2D eigenvalue weighted by molar-refractivity contribution is 0.536. The van der Waals surface area contributed by atoms with E-state index in [1.54, 1.807) is 0 Å². The largest absolute Gasteiger partial charge is 0.350 e. The number of fused-ring (bicyclic) bond motifs is 3. The normalized spacial score (nSPS) is 14.2. The summed E-state index contributed by atoms with van der Waals surface area (Å²) in [5.41, 5.74) is 2.25. The van der Waals surface area contributed by atoms with Crippen molar-refractivity contribution in [2.24, 2.45) is 0 Å². The van der Waals surface area contributed by atoms with Crippen LogP contribution >= 0.6 is 11.6 Å². The lowest BCUT2D eigenvalue weighted by Gasteiger charge is -2.14. The molecule has 0 fully saturated rings. The van der Waals surface area contributed by atoms with E-state index in [1.165, 1.54) is 23.2 Å². The first kappa shape index (κ1) is 13.6. The molecule has 1 aliphatic heterocycles. The van der Waals surface area contributed by atoms with Crippen molar-refractivity contribution in [2.75, 3.05) is 0 Å². The van der Waals surface area contributed by atoms with E-state index in [0.717, 1.165) is 29.3 Å². The van der Waals surface area contributed by atoms with Crippen LogP contribution in [0.4, 0.5) is 0 Å². The second-order valence-electron chi connectivity index (χ2n) is 5.79. The second-order valence-corrected chi connectivity index (χ2v) is 6.22. The van der Waals surface area contributed by atoms with E-state index in [4.69, 9.17) is 11.6 Å². The minimum Gasteiger partial charge on any atom is -0.350 e. The summed E-state index contributed by atoms with van der Waals surface area (Å²) in [6, 6.07) is 7.51. The third kappa shape index (κ3) is 2.24. The maximum atomic E-state index is 12.7. The third-order valence-electron chi connectivity index (χ3n) is 4.33. The van der Waals surface area contributed by atoms with Gasteiger partial charge in [0.2, 0.25) is 0 Å². The van der Waals surface area contributed by atoms with Gasteiger partial charge in [-0.05, 0) is 37.0 Å². The number of hydrogen-bond acceptors (Lipinski definition) is 2. The van der Waals surface area contributed by atoms with Gasteiger partial charge >= 0.3 is 0 Å². The molecular formula is C17H16ClN3O. The van der Waals surface area contributed by atoms with Crippen LogP contribution in [0.25, 0.3) is 10.8 Å². The summed E-state index contributed by atoms with van der Waals surface area (Å²) in [5.74, 6) is 0. The van der Waals surface area contributed by atoms with Gasteiger partial charge in [-0.15, -0.1) is 0 Å². The third-order valence-corrected chi connectivity index (χ3v) is 4.58. The van der Waals surface area contributed by atoms with Gasteiger partial charge in [0.25, 0.3) is 5.56 Å². The van der Waals surface area contributed by atoms with Gasteiger partial charge in [0.1, 0.15) is 0 Å². The highest BCUT2D eigenvalue weighted by Crippen LogP contribution is 2.24. The first-order valence-corrected chi connectivity index (χ1v) is 7.92. The molecule has 4 rings (SSSR count). The Morgan fingerprint density at radius 3 is 2.77 bits per heavy atom. The average molecular weight is 314 g/mol. The molecule has 3 heterocycles. The van der Waals surface area contributed by atoms with Crippen molar-refractivity contribution in [3.63, 3.8) is 0 Å². The van der Waals surface area contributed by atoms with Gasteiger partial charge in [0.05, 0.1) is 18.1 Å². The van der Waals surface area contributed by atoms with Crippen molar-refractivity contribution in [1.29, 1.82) is 0 Å². The van der Waals surface area contributed by atoms with Gasteiger partial charge in [-0.25, -0.2) is 4.68 Å². The van der Waals surface area contributed by atoms with Gasteiger partial charge < -0.3 is 4.57 Å². The van der Waals surface area contributed by atoms with Crippen molar-refractivity contribution < 1.29 is 0 Å². The summed E-state index contributed by atoms with van der Waals surface area (Å²) >= 11 is 5.90. The van der Waals surface area contributed by atoms with E-state index in [-0.39, 0.29) is 5.56 Å². The van der Waals surface area contributed by atoms with Crippen LogP contribution < -0.4 is 5.56 Å². The molecule has 0 atom stereocenters. The van der Waals surface area contributed by atoms with Crippen LogP contribution in [0.5, 0.6) is 0 Å². The molecule has 0 unspecified atom stereocenters. The van der Waals surface area contributed by atoms with E-state index in [9.17, 15) is 4.79 Å². The number of hydrogen-bond donors (Lipinski definition) is 0. The van der Waals surface area contributed by atoms with Crippen LogP contribution in [0.3, 0.4) is 0 Å². The van der Waals surface area contributed by atoms with E-state index in [0.29, 0.717) is 11.6 Å². The predicted octanol–water partition coefficient (Wildman–Crippen LogP) is 3.24. The number of rotatable bonds is 2. The zero-order chi connectivity index (χ0) is 15.1. The van der Waals surface area contributed by atoms with Crippen LogP contribution in [-0.2, 0) is 19.5 Å². The number of benzene rings is 1. The highest BCUT2D eigenvalue weighted by atomic mass is 35.5. The number of aromatic nitrogens is 3. The Labute approximate surface area is 132 Å². The first-order valence-electron chi connectivity index (χ1n) is 7.54. The highest BCUT2D eigenvalue weighted by Gasteiger charge is 2.16. The molecule has 1 aromatic carbocycles. The molecule has 0 aliphatic carbocycles. The molecule has 1 aliphatic rings. The van der Waals surface area contributed by atoms with E-state index >= 15 is 0 Å². The van der Waals surface area contributed by atoms with Crippen molar-refractivity contribution in [2.45, 2.75) is 32.4 Å². The molecule has 4 nitrogen and oxygen atoms in total. The lowest BCUT2D eigenvalue weighted by atomic mass is 10.1. The molecule has 112 valence electrons. The van der Waals surface area contributed by atoms with Crippen LogP contribution in [0.2, 0.25) is 5.02 Å². The molecular weight excluding hydrogens is 298 g/mol. The molecule has 5 heteroatoms. The van der Waals surface area contributed by atoms with Crippen molar-refractivity contribution in [3.05, 3.63) is 63.3 Å². The zero-order valence-corrected chi connectivity index (χ0v) is 12.9. The smallest absolute Gasteiger partial charge is 0.276 e. The minimum atomic E-state index is -0.0191. The molecule has 0 radical (unpaired) electrons. The topological polar surface area (TPSA) is 39.8 Å². The van der Waals surface area contributed by atoms with Crippen LogP contribution in [0, 0.1) is 0 Å². The number of halogens is 1. The maximum Gasteiger partial charge on any atom is 0.276 e. The van der Waals surface area contributed by atoms with Crippen molar-refractivity contribution in [3.8, 4) is 0 Å². The quantitative estimate of drug-likeness (QED) is 0.728. The fourth-order valence-corrected chi connectivity index (χ4v) is 3.30. The molecule has 0 saturated carbocycles. The zero-order valence-electron chi connectivity index (χ0n) is 12.1. The fourth-order valence-electron chi connectivity index (χ4n) is 3.17. The maximum absolute atomic E-state index is 12.7. The summed E-state index contributed by atoms with van der Waals surface area (Å²) in [5, 5.41) is 6.85. The van der Waals surface area contributed by atoms with Crippen LogP contribution in [-0.4, -0.2) is 14.3 Å². The van der Waals surface area contributed by atoms with Gasteiger partial charge in [-0.1, -0.05) is 23.7 Å². The van der Waals surface area contributed by atoms with E-state index in [1.807, 2.05) is 36.7 Å². The summed E-state index contributed by atoms with van der Waals surface area (Å²) in [6.45, 7) is 1.47. The molecule has 0 amide bonds. The SMILES string of the molecule is O=c1c2cn3c(c2cnn1Cc1ccc(Cl)cc1)CCCC3. The van der Waals surface area contributed by atoms with E-state index in [2.05, 4.69) is 9.67 Å². The average Bonchev–Trinajstić information content (AvgIpc) is 2.92. The van der Waals surface area contributed by atoms with Crippen LogP contribution in [0.15, 0.2) is 41.5 Å². The van der Waals surface area contributed by atoms with Crippen LogP contribution in [0.1, 0.15) is 24.1 Å². The summed E-state index contributed by atoms with van der Waals surface area (Å²) in [6.07, 6.45) is 7.23. The molecule has 22 heavy (non-hydrogen) atoms. The Kier molecular flexibility index (Phi) is 3.26. The van der Waals surface area contributed by atoms with Gasteiger partial charge in [-0.2, -0.15) is 5.10 Å². The Morgan fingerprint density at radius 1 is 1.14 bits per heavy atom. The molecule has 0 bridgehead atoms. The summed E-state index contributed by atoms with van der Waals surface area (Å²) < 4.78 is 3.74. The van der Waals surface area contributed by atoms with E-state index < -0.39 is 0 Å². The van der Waals surface area contributed by atoms with Gasteiger partial charge in [0.15, 0.2) is 0 Å². The summed E-state index contributed by atoms with van der Waals surface area (Å²) in [7, 11) is 0. The first-order chi connectivity index (χ1) is 10.7. The van der Waals surface area contributed by atoms with Crippen molar-refractivity contribution >= 4 is 22.4 Å². The van der Waals surface area contributed by atoms with Gasteiger partial charge in [-0.3, -0.25) is 4.79 Å². The highest BCUT2D eigenvalue weighted by molar-refractivity contribution is 6.30. The predicted molar refractivity (Wildman–Crippen MR) is 87.5 cm³/mol. The monoisotopic (exact) mass is 313 g/mol. The Balaban J connectivity index is 1.78. The Hall–Kier alpha value is -2.07. The second kappa shape index (κ2) is 5.29. The minimum absolute atomic E-state index is 0.0191. The summed E-state index contributed by atoms with van der Waals surface area (Å²) in [4.78, 5) is 12.7. The standard InChI is InChI=1S/C17H16ClN3O/c18-13-6-4-12(5-7-13)10-21-17(22)15-11-20-8-2-1-3-16(20)14(15)9-19-21/h4-7,9,11H,1-3,8,10H2. The molecule has 0 saturated heterocycles. The number of nitrogens with zero attached hydrogens (tertiary/aromatic N) is 3. The van der Waals surface area contributed by atoms with Crippen molar-refractivity contribution in [1.82, 2.24) is 14.3 Å².